The van der Waals surface area contributed by atoms with E-state index in [1.807, 2.05) is 0 Å². The topological polar surface area (TPSA) is 20.2 Å². The summed E-state index contributed by atoms with van der Waals surface area (Å²) in [4.78, 5) is 0.989. The first kappa shape index (κ1) is 16.1. The molecule has 0 spiro atoms. The second-order valence-electron chi connectivity index (χ2n) is 5.73. The quantitative estimate of drug-likeness (QED) is 0.694. The van der Waals surface area contributed by atoms with Gasteiger partial charge < -0.3 is 5.11 Å². The maximum absolute atomic E-state index is 10.1. The molecule has 20 heavy (non-hydrogen) atoms. The van der Waals surface area contributed by atoms with Crippen LogP contribution in [0.3, 0.4) is 0 Å². The molecule has 0 aromatic heterocycles. The second-order valence-corrected chi connectivity index (χ2v) is 7.09. The number of benzene rings is 1. The van der Waals surface area contributed by atoms with Crippen LogP contribution in [0.1, 0.15) is 49.7 Å². The molecule has 4 heteroatoms. The Hall–Kier alpha value is -0.310. The first-order chi connectivity index (χ1) is 9.49. The first-order valence-corrected chi connectivity index (χ1v) is 8.33. The predicted octanol–water partition coefficient (Wildman–Crippen LogP) is 5.89. The van der Waals surface area contributed by atoms with E-state index in [0.29, 0.717) is 22.0 Å². The zero-order valence-electron chi connectivity index (χ0n) is 11.7. The molecule has 0 aliphatic heterocycles. The molecular formula is C16H20Cl2OS. The lowest BCUT2D eigenvalue weighted by atomic mass is 9.85. The van der Waals surface area contributed by atoms with E-state index in [2.05, 4.69) is 0 Å². The molecule has 1 aliphatic rings. The molecule has 0 unspecified atom stereocenters. The number of aromatic hydroxyl groups is 1. The van der Waals surface area contributed by atoms with E-state index >= 15 is 0 Å². The van der Waals surface area contributed by atoms with Gasteiger partial charge in [0.25, 0.3) is 0 Å². The standard InChI is InChI=1S/C16H20Cl2OS/c1-10-14(17)9-12(16(19)15(10)18)8-13(20)7-11-5-3-2-4-6-11/h9,11,19H,2-8H2,1H3. The van der Waals surface area contributed by atoms with E-state index in [9.17, 15) is 5.11 Å². The number of halogens is 2. The van der Waals surface area contributed by atoms with Crippen LogP contribution in [0.5, 0.6) is 5.75 Å². The van der Waals surface area contributed by atoms with Gasteiger partial charge in [-0.1, -0.05) is 67.5 Å². The highest BCUT2D eigenvalue weighted by atomic mass is 35.5. The third-order valence-electron chi connectivity index (χ3n) is 4.13. The van der Waals surface area contributed by atoms with Crippen LogP contribution in [0.2, 0.25) is 10.0 Å². The molecule has 1 nitrogen and oxygen atoms in total. The molecule has 0 heterocycles. The molecule has 1 aromatic rings. The number of thiocarbonyl (C=S) groups is 1. The average Bonchev–Trinajstić information content (AvgIpc) is 2.43. The summed E-state index contributed by atoms with van der Waals surface area (Å²) in [5.74, 6) is 0.842. The van der Waals surface area contributed by atoms with Crippen molar-refractivity contribution in [2.24, 2.45) is 5.92 Å². The highest BCUT2D eigenvalue weighted by Gasteiger charge is 2.18. The Bertz CT molecular complexity index is 508. The normalized spacial score (nSPS) is 16.4. The average molecular weight is 331 g/mol. The first-order valence-electron chi connectivity index (χ1n) is 7.17. The molecular weight excluding hydrogens is 311 g/mol. The van der Waals surface area contributed by atoms with Gasteiger partial charge in [0.1, 0.15) is 5.75 Å². The molecule has 2 rings (SSSR count). The number of phenolic OH excluding ortho intramolecular Hbond substituents is 1. The summed E-state index contributed by atoms with van der Waals surface area (Å²) in [6, 6.07) is 1.78. The van der Waals surface area contributed by atoms with E-state index in [1.54, 1.807) is 13.0 Å². The monoisotopic (exact) mass is 330 g/mol. The van der Waals surface area contributed by atoms with Crippen molar-refractivity contribution in [1.29, 1.82) is 0 Å². The SMILES string of the molecule is Cc1c(Cl)cc(CC(=S)CC2CCCCC2)c(O)c1Cl. The minimum atomic E-state index is 0.125. The summed E-state index contributed by atoms with van der Waals surface area (Å²) in [6.45, 7) is 1.80. The Morgan fingerprint density at radius 1 is 1.30 bits per heavy atom. The fraction of sp³-hybridized carbons (Fsp3) is 0.562. The molecule has 0 amide bonds. The number of rotatable bonds is 4. The molecule has 1 N–H and O–H groups in total. The van der Waals surface area contributed by atoms with Gasteiger partial charge in [-0.2, -0.15) is 0 Å². The molecule has 1 fully saturated rings. The Labute approximate surface area is 136 Å². The van der Waals surface area contributed by atoms with Gasteiger partial charge in [0.05, 0.1) is 5.02 Å². The van der Waals surface area contributed by atoms with Gasteiger partial charge in [-0.05, 0) is 35.8 Å². The van der Waals surface area contributed by atoms with Crippen molar-refractivity contribution in [2.75, 3.05) is 0 Å². The van der Waals surface area contributed by atoms with Crippen LogP contribution in [0, 0.1) is 12.8 Å². The highest BCUT2D eigenvalue weighted by molar-refractivity contribution is 7.80. The minimum Gasteiger partial charge on any atom is -0.506 e. The van der Waals surface area contributed by atoms with Crippen LogP contribution in [0.4, 0.5) is 0 Å². The van der Waals surface area contributed by atoms with Crippen molar-refractivity contribution in [2.45, 2.75) is 51.9 Å². The molecule has 1 aromatic carbocycles. The van der Waals surface area contributed by atoms with E-state index in [-0.39, 0.29) is 5.75 Å². The summed E-state index contributed by atoms with van der Waals surface area (Å²) in [6.07, 6.45) is 8.10. The van der Waals surface area contributed by atoms with Crippen LogP contribution >= 0.6 is 35.4 Å². The maximum atomic E-state index is 10.1. The summed E-state index contributed by atoms with van der Waals surface area (Å²) >= 11 is 17.7. The van der Waals surface area contributed by atoms with Crippen LogP contribution in [0.15, 0.2) is 6.07 Å². The molecule has 0 atom stereocenters. The molecule has 0 bridgehead atoms. The van der Waals surface area contributed by atoms with E-state index in [4.69, 9.17) is 35.4 Å². The van der Waals surface area contributed by atoms with Crippen molar-refractivity contribution in [3.63, 3.8) is 0 Å². The van der Waals surface area contributed by atoms with Crippen LogP contribution in [-0.4, -0.2) is 9.97 Å². The number of hydrogen-bond acceptors (Lipinski definition) is 2. The third-order valence-corrected chi connectivity index (χ3v) is 5.30. The molecule has 0 radical (unpaired) electrons. The fourth-order valence-electron chi connectivity index (χ4n) is 2.89. The Morgan fingerprint density at radius 3 is 2.60 bits per heavy atom. The van der Waals surface area contributed by atoms with E-state index < -0.39 is 0 Å². The molecule has 110 valence electrons. The van der Waals surface area contributed by atoms with Gasteiger partial charge in [0.15, 0.2) is 0 Å². The van der Waals surface area contributed by atoms with E-state index in [1.165, 1.54) is 32.1 Å². The third kappa shape index (κ3) is 3.87. The van der Waals surface area contributed by atoms with Crippen LogP contribution in [-0.2, 0) is 6.42 Å². The van der Waals surface area contributed by atoms with Crippen molar-refractivity contribution in [1.82, 2.24) is 0 Å². The summed E-state index contributed by atoms with van der Waals surface area (Å²) in [5, 5.41) is 11.0. The highest BCUT2D eigenvalue weighted by Crippen LogP contribution is 2.36. The fourth-order valence-corrected chi connectivity index (χ4v) is 3.77. The van der Waals surface area contributed by atoms with Gasteiger partial charge in [-0.25, -0.2) is 0 Å². The van der Waals surface area contributed by atoms with Crippen molar-refractivity contribution in [3.8, 4) is 5.75 Å². The minimum absolute atomic E-state index is 0.125. The van der Waals surface area contributed by atoms with Gasteiger partial charge in [-0.3, -0.25) is 0 Å². The lowest BCUT2D eigenvalue weighted by Gasteiger charge is -2.22. The number of phenols is 1. The van der Waals surface area contributed by atoms with Crippen LogP contribution < -0.4 is 0 Å². The largest absolute Gasteiger partial charge is 0.506 e. The summed E-state index contributed by atoms with van der Waals surface area (Å²) in [7, 11) is 0. The number of hydrogen-bond donors (Lipinski definition) is 1. The van der Waals surface area contributed by atoms with Gasteiger partial charge >= 0.3 is 0 Å². The smallest absolute Gasteiger partial charge is 0.138 e. The van der Waals surface area contributed by atoms with Gasteiger partial charge in [-0.15, -0.1) is 0 Å². The Kier molecular flexibility index (Phi) is 5.71. The summed E-state index contributed by atoms with van der Waals surface area (Å²) < 4.78 is 0. The lowest BCUT2D eigenvalue weighted by Crippen LogP contribution is -2.12. The second kappa shape index (κ2) is 7.11. The van der Waals surface area contributed by atoms with Crippen molar-refractivity contribution in [3.05, 3.63) is 27.2 Å². The molecule has 1 aliphatic carbocycles. The van der Waals surface area contributed by atoms with Crippen molar-refractivity contribution < 1.29 is 5.11 Å². The van der Waals surface area contributed by atoms with Gasteiger partial charge in [0, 0.05) is 17.0 Å². The zero-order valence-corrected chi connectivity index (χ0v) is 14.0. The lowest BCUT2D eigenvalue weighted by molar-refractivity contribution is 0.368. The maximum Gasteiger partial charge on any atom is 0.138 e. The summed E-state index contributed by atoms with van der Waals surface area (Å²) in [5.41, 5.74) is 1.46. The molecule has 0 saturated heterocycles. The zero-order chi connectivity index (χ0) is 14.7. The molecule has 1 saturated carbocycles. The Balaban J connectivity index is 2.04. The van der Waals surface area contributed by atoms with Crippen molar-refractivity contribution >= 4 is 40.3 Å². The predicted molar refractivity (Wildman–Crippen MR) is 90.4 cm³/mol. The van der Waals surface area contributed by atoms with Gasteiger partial charge in [0.2, 0.25) is 0 Å². The van der Waals surface area contributed by atoms with Crippen LogP contribution in [0.25, 0.3) is 0 Å². The Morgan fingerprint density at radius 2 is 1.95 bits per heavy atom. The van der Waals surface area contributed by atoms with E-state index in [0.717, 1.165) is 22.8 Å².